The number of nitrogens with one attached hydrogen (secondary N) is 1. The van der Waals surface area contributed by atoms with Gasteiger partial charge in [-0.15, -0.1) is 11.3 Å². The van der Waals surface area contributed by atoms with Crippen molar-refractivity contribution in [3.8, 4) is 5.75 Å². The summed E-state index contributed by atoms with van der Waals surface area (Å²) in [6.07, 6.45) is 4.60. The summed E-state index contributed by atoms with van der Waals surface area (Å²) in [7, 11) is -4.22. The second-order valence-corrected chi connectivity index (χ2v) is 10.6. The van der Waals surface area contributed by atoms with Gasteiger partial charge in [-0.25, -0.2) is 22.2 Å². The molecule has 0 amide bonds. The third kappa shape index (κ3) is 5.48. The van der Waals surface area contributed by atoms with Crippen molar-refractivity contribution in [2.45, 2.75) is 24.2 Å². The topological polar surface area (TPSA) is 68.3 Å². The summed E-state index contributed by atoms with van der Waals surface area (Å²) < 4.78 is 61.7. The number of aromatic nitrogens is 1. The van der Waals surface area contributed by atoms with Gasteiger partial charge < -0.3 is 4.74 Å². The first-order chi connectivity index (χ1) is 15.7. The highest BCUT2D eigenvalue weighted by Gasteiger charge is 2.25. The van der Waals surface area contributed by atoms with E-state index in [1.54, 1.807) is 6.07 Å². The molecule has 3 aromatic rings. The number of hydrogen-bond donors (Lipinski definition) is 1. The molecule has 33 heavy (non-hydrogen) atoms. The van der Waals surface area contributed by atoms with Crippen molar-refractivity contribution in [1.29, 1.82) is 0 Å². The van der Waals surface area contributed by atoms with E-state index in [9.17, 15) is 17.2 Å². The highest BCUT2D eigenvalue weighted by molar-refractivity contribution is 7.92. The molecular weight excluding hydrogens is 513 g/mol. The molecule has 1 atom stereocenters. The van der Waals surface area contributed by atoms with Gasteiger partial charge in [-0.2, -0.15) is 0 Å². The molecule has 0 aliphatic heterocycles. The number of rotatable bonds is 7. The minimum Gasteiger partial charge on any atom is -0.491 e. The molecule has 11 heteroatoms. The van der Waals surface area contributed by atoms with E-state index in [1.807, 2.05) is 6.08 Å². The Kier molecular flexibility index (Phi) is 7.23. The lowest BCUT2D eigenvalue weighted by Gasteiger charge is -2.25. The van der Waals surface area contributed by atoms with Gasteiger partial charge in [-0.1, -0.05) is 35.3 Å². The lowest BCUT2D eigenvalue weighted by atomic mass is 9.84. The van der Waals surface area contributed by atoms with Gasteiger partial charge in [0.25, 0.3) is 10.0 Å². The molecule has 0 saturated heterocycles. The van der Waals surface area contributed by atoms with Crippen LogP contribution in [0.4, 0.5) is 14.6 Å². The van der Waals surface area contributed by atoms with Crippen molar-refractivity contribution in [1.82, 2.24) is 4.98 Å². The maximum absolute atomic E-state index is 14.7. The van der Waals surface area contributed by atoms with Gasteiger partial charge in [0.1, 0.15) is 22.3 Å². The van der Waals surface area contributed by atoms with E-state index < -0.39 is 26.6 Å². The van der Waals surface area contributed by atoms with Gasteiger partial charge in [-0.3, -0.25) is 4.72 Å². The lowest BCUT2D eigenvalue weighted by Crippen LogP contribution is -2.18. The minimum atomic E-state index is -4.22. The molecule has 1 aliphatic carbocycles. The number of allylic oxidation sites excluding steroid dienone is 1. The number of ether oxygens (including phenoxy) is 1. The van der Waals surface area contributed by atoms with Crippen molar-refractivity contribution in [3.05, 3.63) is 74.5 Å². The van der Waals surface area contributed by atoms with Gasteiger partial charge in [-0.05, 0) is 48.6 Å². The first-order valence-corrected chi connectivity index (χ1v) is 13.1. The zero-order valence-corrected chi connectivity index (χ0v) is 20.2. The van der Waals surface area contributed by atoms with E-state index in [0.29, 0.717) is 5.56 Å². The molecule has 5 nitrogen and oxygen atoms in total. The number of benzene rings is 2. The lowest BCUT2D eigenvalue weighted by molar-refractivity contribution is 0.267. The molecule has 0 bridgehead atoms. The van der Waals surface area contributed by atoms with E-state index in [4.69, 9.17) is 27.9 Å². The summed E-state index contributed by atoms with van der Waals surface area (Å²) >= 11 is 13.2. The third-order valence-corrected chi connectivity index (χ3v) is 7.76. The predicted molar refractivity (Wildman–Crippen MR) is 127 cm³/mol. The maximum Gasteiger partial charge on any atom is 0.266 e. The van der Waals surface area contributed by atoms with Crippen molar-refractivity contribution in [2.24, 2.45) is 5.92 Å². The van der Waals surface area contributed by atoms with Crippen LogP contribution in [0.5, 0.6) is 5.75 Å². The van der Waals surface area contributed by atoms with Crippen LogP contribution < -0.4 is 9.46 Å². The highest BCUT2D eigenvalue weighted by Crippen LogP contribution is 2.36. The first-order valence-electron chi connectivity index (χ1n) is 9.93. The van der Waals surface area contributed by atoms with Crippen LogP contribution in [-0.2, 0) is 10.0 Å². The van der Waals surface area contributed by atoms with E-state index in [-0.39, 0.29) is 34.1 Å². The van der Waals surface area contributed by atoms with Crippen LogP contribution in [-0.4, -0.2) is 20.0 Å². The van der Waals surface area contributed by atoms with Crippen molar-refractivity contribution in [2.75, 3.05) is 11.3 Å². The Morgan fingerprint density at radius 1 is 1.15 bits per heavy atom. The summed E-state index contributed by atoms with van der Waals surface area (Å²) in [6, 6.07) is 6.59. The molecule has 1 unspecified atom stereocenters. The Hall–Kier alpha value is -2.20. The van der Waals surface area contributed by atoms with Crippen LogP contribution in [0.3, 0.4) is 0 Å². The van der Waals surface area contributed by atoms with Crippen molar-refractivity contribution in [3.63, 3.8) is 0 Å². The standard InChI is InChI=1S/C22H18Cl2F2N2O3S2/c23-16-6-5-13(7-18(16)25)15-4-2-1-3-14(15)10-31-20-9-19(26)21(8-17(20)24)33(29,30)28-22-11-32-12-27-22/h4-9,11-12,14,28H,1-3,10H2. The quantitative estimate of drug-likeness (QED) is 0.365. The molecule has 0 fully saturated rings. The smallest absolute Gasteiger partial charge is 0.266 e. The van der Waals surface area contributed by atoms with Crippen LogP contribution in [0.1, 0.15) is 24.8 Å². The molecule has 0 saturated carbocycles. The van der Waals surface area contributed by atoms with Gasteiger partial charge in [0.2, 0.25) is 0 Å². The van der Waals surface area contributed by atoms with Crippen molar-refractivity contribution < 1.29 is 21.9 Å². The number of sulfonamides is 1. The Morgan fingerprint density at radius 3 is 2.70 bits per heavy atom. The summed E-state index contributed by atoms with van der Waals surface area (Å²) in [5.74, 6) is -1.47. The number of hydrogen-bond acceptors (Lipinski definition) is 5. The molecule has 1 N–H and O–H groups in total. The largest absolute Gasteiger partial charge is 0.491 e. The average molecular weight is 531 g/mol. The highest BCUT2D eigenvalue weighted by atomic mass is 35.5. The van der Waals surface area contributed by atoms with Gasteiger partial charge in [0.05, 0.1) is 22.2 Å². The SMILES string of the molecule is O=S(=O)(Nc1cscn1)c1cc(Cl)c(OCC2CCCC=C2c2ccc(Cl)c(F)c2)cc1F. The Balaban J connectivity index is 1.52. The van der Waals surface area contributed by atoms with Crippen LogP contribution in [0.15, 0.2) is 52.2 Å². The van der Waals surface area contributed by atoms with Gasteiger partial charge >= 0.3 is 0 Å². The Morgan fingerprint density at radius 2 is 1.97 bits per heavy atom. The second kappa shape index (κ2) is 9.97. The zero-order valence-electron chi connectivity index (χ0n) is 17.0. The molecule has 1 aliphatic rings. The molecule has 174 valence electrons. The third-order valence-electron chi connectivity index (χ3n) is 5.20. The number of nitrogens with zero attached hydrogens (tertiary/aromatic N) is 1. The van der Waals surface area contributed by atoms with Crippen LogP contribution >= 0.6 is 34.5 Å². The van der Waals surface area contributed by atoms with Gasteiger partial charge in [0.15, 0.2) is 5.82 Å². The molecular formula is C22H18Cl2F2N2O3S2. The summed E-state index contributed by atoms with van der Waals surface area (Å²) in [5.41, 5.74) is 3.07. The molecule has 0 spiro atoms. The molecule has 2 aromatic carbocycles. The molecule has 1 aromatic heterocycles. The van der Waals surface area contributed by atoms with E-state index >= 15 is 0 Å². The fourth-order valence-corrected chi connectivity index (χ4v) is 5.66. The Bertz CT molecular complexity index is 1300. The fraction of sp³-hybridized carbons (Fsp3) is 0.227. The van der Waals surface area contributed by atoms with E-state index in [1.165, 1.54) is 34.4 Å². The zero-order chi connectivity index (χ0) is 23.6. The fourth-order valence-electron chi connectivity index (χ4n) is 3.62. The maximum atomic E-state index is 14.7. The van der Waals surface area contributed by atoms with Crippen LogP contribution in [0.2, 0.25) is 10.0 Å². The van der Waals surface area contributed by atoms with Crippen LogP contribution in [0.25, 0.3) is 5.57 Å². The Labute approximate surface area is 204 Å². The van der Waals surface area contributed by atoms with Crippen LogP contribution in [0, 0.1) is 17.6 Å². The minimum absolute atomic E-state index is 0.0222. The molecule has 0 radical (unpaired) electrons. The average Bonchev–Trinajstić information content (AvgIpc) is 3.28. The van der Waals surface area contributed by atoms with Crippen molar-refractivity contribution >= 4 is 56.0 Å². The summed E-state index contributed by atoms with van der Waals surface area (Å²) in [6.45, 7) is 0.165. The van der Waals surface area contributed by atoms with E-state index in [2.05, 4.69) is 9.71 Å². The molecule has 1 heterocycles. The first kappa shape index (κ1) is 23.9. The normalized spacial score (nSPS) is 16.4. The molecule has 4 rings (SSSR count). The monoisotopic (exact) mass is 530 g/mol. The summed E-state index contributed by atoms with van der Waals surface area (Å²) in [5, 5.41) is 1.48. The predicted octanol–water partition coefficient (Wildman–Crippen LogP) is 6.79. The second-order valence-electron chi connectivity index (χ2n) is 7.42. The summed E-state index contributed by atoms with van der Waals surface area (Å²) in [4.78, 5) is 3.22. The van der Waals surface area contributed by atoms with Gasteiger partial charge in [0, 0.05) is 17.4 Å². The number of anilines is 1. The number of thiazole rings is 1. The number of halogens is 4. The van der Waals surface area contributed by atoms with E-state index in [0.717, 1.165) is 37.0 Å².